The zero-order valence-electron chi connectivity index (χ0n) is 12.3. The number of hydrogen-bond donors (Lipinski definition) is 1. The van der Waals surface area contributed by atoms with Gasteiger partial charge in [-0.05, 0) is 48.0 Å². The number of aryl methyl sites for hydroxylation is 2. The van der Waals surface area contributed by atoms with E-state index < -0.39 is 12.1 Å². The van der Waals surface area contributed by atoms with Crippen LogP contribution < -0.4 is 5.73 Å². The van der Waals surface area contributed by atoms with Gasteiger partial charge < -0.3 is 5.73 Å². The van der Waals surface area contributed by atoms with Crippen molar-refractivity contribution in [3.05, 3.63) is 15.9 Å². The highest BCUT2D eigenvalue weighted by Crippen LogP contribution is 2.41. The van der Waals surface area contributed by atoms with E-state index in [2.05, 4.69) is 21.0 Å². The molecule has 21 heavy (non-hydrogen) atoms. The zero-order chi connectivity index (χ0) is 15.8. The minimum absolute atomic E-state index is 0.0764. The number of aromatic nitrogens is 2. The fourth-order valence-electron chi connectivity index (χ4n) is 3.21. The van der Waals surface area contributed by atoms with Crippen LogP contribution in [0.5, 0.6) is 0 Å². The molecule has 7 heteroatoms. The second-order valence-electron chi connectivity index (χ2n) is 6.00. The largest absolute Gasteiger partial charge is 0.391 e. The van der Waals surface area contributed by atoms with Crippen LogP contribution in [-0.4, -0.2) is 22.0 Å². The number of hydrogen-bond acceptors (Lipinski definition) is 2. The van der Waals surface area contributed by atoms with Crippen molar-refractivity contribution in [2.24, 2.45) is 24.6 Å². The maximum Gasteiger partial charge on any atom is 0.391 e. The maximum absolute atomic E-state index is 12.9. The summed E-state index contributed by atoms with van der Waals surface area (Å²) in [5, 5.41) is 4.30. The van der Waals surface area contributed by atoms with E-state index in [0.717, 1.165) is 22.3 Å². The number of nitrogens with zero attached hydrogens (tertiary/aromatic N) is 2. The molecule has 0 saturated heterocycles. The first kappa shape index (κ1) is 16.8. The Balaban J connectivity index is 2.04. The predicted octanol–water partition coefficient (Wildman–Crippen LogP) is 3.73. The van der Waals surface area contributed by atoms with Crippen molar-refractivity contribution in [3.63, 3.8) is 0 Å². The first-order chi connectivity index (χ1) is 9.70. The van der Waals surface area contributed by atoms with E-state index in [0.29, 0.717) is 12.8 Å². The van der Waals surface area contributed by atoms with Gasteiger partial charge in [0.25, 0.3) is 0 Å². The quantitative estimate of drug-likeness (QED) is 0.884. The first-order valence-electron chi connectivity index (χ1n) is 7.20. The molecule has 0 amide bonds. The third-order valence-electron chi connectivity index (χ3n) is 4.47. The fraction of sp³-hybridized carbons (Fsp3) is 0.786. The lowest BCUT2D eigenvalue weighted by atomic mass is 9.76. The highest BCUT2D eigenvalue weighted by atomic mass is 79.9. The molecule has 0 aliphatic heterocycles. The van der Waals surface area contributed by atoms with E-state index in [9.17, 15) is 13.2 Å². The minimum Gasteiger partial charge on any atom is -0.327 e. The average Bonchev–Trinajstić information content (AvgIpc) is 2.64. The second kappa shape index (κ2) is 6.28. The van der Waals surface area contributed by atoms with E-state index in [-0.39, 0.29) is 24.8 Å². The minimum atomic E-state index is -4.10. The molecular formula is C14H21BrF3N3. The van der Waals surface area contributed by atoms with Gasteiger partial charge in [0.05, 0.1) is 21.8 Å². The van der Waals surface area contributed by atoms with Gasteiger partial charge in [0.1, 0.15) is 0 Å². The van der Waals surface area contributed by atoms with Crippen molar-refractivity contribution in [1.29, 1.82) is 0 Å². The number of rotatable bonds is 3. The van der Waals surface area contributed by atoms with Crippen molar-refractivity contribution in [3.8, 4) is 0 Å². The summed E-state index contributed by atoms with van der Waals surface area (Å²) >= 11 is 3.48. The molecule has 1 aromatic heterocycles. The molecule has 1 saturated carbocycles. The van der Waals surface area contributed by atoms with Gasteiger partial charge in [-0.15, -0.1) is 0 Å². The zero-order valence-corrected chi connectivity index (χ0v) is 13.8. The molecule has 0 bridgehead atoms. The molecule has 3 unspecified atom stereocenters. The summed E-state index contributed by atoms with van der Waals surface area (Å²) in [5.41, 5.74) is 8.03. The normalized spacial score (nSPS) is 25.1. The Hall–Kier alpha value is -0.560. The van der Waals surface area contributed by atoms with Crippen LogP contribution in [0.15, 0.2) is 4.47 Å². The highest BCUT2D eigenvalue weighted by Gasteiger charge is 2.43. The van der Waals surface area contributed by atoms with Crippen LogP contribution in [0, 0.1) is 18.8 Å². The molecule has 3 nitrogen and oxygen atoms in total. The molecule has 0 spiro atoms. The van der Waals surface area contributed by atoms with Crippen LogP contribution in [0.2, 0.25) is 0 Å². The highest BCUT2D eigenvalue weighted by molar-refractivity contribution is 9.10. The summed E-state index contributed by atoms with van der Waals surface area (Å²) in [6, 6.07) is -0.263. The molecule has 0 radical (unpaired) electrons. The van der Waals surface area contributed by atoms with Crippen LogP contribution >= 0.6 is 15.9 Å². The van der Waals surface area contributed by atoms with Crippen LogP contribution in [0.1, 0.15) is 37.1 Å². The molecule has 1 aromatic rings. The Morgan fingerprint density at radius 1 is 1.43 bits per heavy atom. The van der Waals surface area contributed by atoms with Gasteiger partial charge in [-0.1, -0.05) is 6.42 Å². The molecule has 1 aliphatic rings. The molecule has 3 atom stereocenters. The van der Waals surface area contributed by atoms with Crippen LogP contribution in [-0.2, 0) is 13.5 Å². The van der Waals surface area contributed by atoms with Crippen molar-refractivity contribution >= 4 is 15.9 Å². The summed E-state index contributed by atoms with van der Waals surface area (Å²) in [4.78, 5) is 0. The average molecular weight is 368 g/mol. The van der Waals surface area contributed by atoms with Gasteiger partial charge in [-0.2, -0.15) is 18.3 Å². The number of alkyl halides is 3. The van der Waals surface area contributed by atoms with E-state index >= 15 is 0 Å². The standard InChI is InChI=1S/C14H21BrF3N3/c1-8-13(15)12(21(2)20-8)7-11(19)9-4-3-5-10(6-9)14(16,17)18/h9-11H,3-7,19H2,1-2H3. The fourth-order valence-corrected chi connectivity index (χ4v) is 3.70. The van der Waals surface area contributed by atoms with Crippen LogP contribution in [0.3, 0.4) is 0 Å². The van der Waals surface area contributed by atoms with Gasteiger partial charge >= 0.3 is 6.18 Å². The number of nitrogens with two attached hydrogens (primary N) is 1. The lowest BCUT2D eigenvalue weighted by molar-refractivity contribution is -0.186. The lowest BCUT2D eigenvalue weighted by Crippen LogP contribution is -2.39. The van der Waals surface area contributed by atoms with Crippen molar-refractivity contribution in [2.45, 2.75) is 51.2 Å². The molecule has 120 valence electrons. The summed E-state index contributed by atoms with van der Waals surface area (Å²) in [5.74, 6) is -1.27. The van der Waals surface area contributed by atoms with Crippen LogP contribution in [0.25, 0.3) is 0 Å². The smallest absolute Gasteiger partial charge is 0.327 e. The molecule has 2 N–H and O–H groups in total. The SMILES string of the molecule is Cc1nn(C)c(CC(N)C2CCCC(C(F)(F)F)C2)c1Br. The molecule has 1 fully saturated rings. The van der Waals surface area contributed by atoms with Crippen molar-refractivity contribution < 1.29 is 13.2 Å². The Kier molecular flexibility index (Phi) is 5.03. The van der Waals surface area contributed by atoms with Gasteiger partial charge in [0, 0.05) is 19.5 Å². The van der Waals surface area contributed by atoms with Crippen LogP contribution in [0.4, 0.5) is 13.2 Å². The third kappa shape index (κ3) is 3.80. The van der Waals surface area contributed by atoms with E-state index in [1.807, 2.05) is 14.0 Å². The predicted molar refractivity (Wildman–Crippen MR) is 78.8 cm³/mol. The van der Waals surface area contributed by atoms with Crippen molar-refractivity contribution in [2.75, 3.05) is 0 Å². The summed E-state index contributed by atoms with van der Waals surface area (Å²) in [6.07, 6.45) is -1.77. The molecule has 1 heterocycles. The Labute approximate surface area is 131 Å². The number of halogens is 4. The molecule has 0 aromatic carbocycles. The van der Waals surface area contributed by atoms with Gasteiger partial charge in [0.2, 0.25) is 0 Å². The third-order valence-corrected chi connectivity index (χ3v) is 5.51. The first-order valence-corrected chi connectivity index (χ1v) is 7.99. The maximum atomic E-state index is 12.9. The molecular weight excluding hydrogens is 347 g/mol. The Morgan fingerprint density at radius 3 is 2.62 bits per heavy atom. The second-order valence-corrected chi connectivity index (χ2v) is 6.80. The van der Waals surface area contributed by atoms with E-state index in [1.165, 1.54) is 0 Å². The van der Waals surface area contributed by atoms with E-state index in [4.69, 9.17) is 5.73 Å². The Bertz CT molecular complexity index is 498. The lowest BCUT2D eigenvalue weighted by Gasteiger charge is -2.33. The summed E-state index contributed by atoms with van der Waals surface area (Å²) in [6.45, 7) is 1.89. The molecule has 2 rings (SSSR count). The van der Waals surface area contributed by atoms with Gasteiger partial charge in [-0.25, -0.2) is 0 Å². The van der Waals surface area contributed by atoms with Gasteiger partial charge in [-0.3, -0.25) is 4.68 Å². The van der Waals surface area contributed by atoms with Gasteiger partial charge in [0.15, 0.2) is 0 Å². The summed E-state index contributed by atoms with van der Waals surface area (Å²) in [7, 11) is 1.83. The Morgan fingerprint density at radius 2 is 2.10 bits per heavy atom. The topological polar surface area (TPSA) is 43.8 Å². The molecule has 1 aliphatic carbocycles. The van der Waals surface area contributed by atoms with Crippen molar-refractivity contribution in [1.82, 2.24) is 9.78 Å². The van der Waals surface area contributed by atoms with E-state index in [1.54, 1.807) is 4.68 Å². The summed E-state index contributed by atoms with van der Waals surface area (Å²) < 4.78 is 41.3. The monoisotopic (exact) mass is 367 g/mol.